The number of hydrogen-bond donors (Lipinski definition) is 3. The Balaban J connectivity index is 0.00000261. The third kappa shape index (κ3) is 6.82. The number of halogens is 1. The summed E-state index contributed by atoms with van der Waals surface area (Å²) in [4.78, 5) is 24.3. The van der Waals surface area contributed by atoms with Gasteiger partial charge in [0.2, 0.25) is 5.91 Å². The average molecular weight is 394 g/mol. The predicted octanol–water partition coefficient (Wildman–Crippen LogP) is 3.03. The van der Waals surface area contributed by atoms with E-state index in [0.29, 0.717) is 18.0 Å². The van der Waals surface area contributed by atoms with Crippen molar-refractivity contribution >= 4 is 24.2 Å². The summed E-state index contributed by atoms with van der Waals surface area (Å²) in [6.07, 6.45) is 7.88. The third-order valence-electron chi connectivity index (χ3n) is 5.65. The first-order chi connectivity index (χ1) is 12.7. The molecule has 0 spiro atoms. The fourth-order valence-electron chi connectivity index (χ4n) is 3.96. The average Bonchev–Trinajstić information content (AvgIpc) is 3.22. The lowest BCUT2D eigenvalue weighted by atomic mass is 9.96. The molecule has 3 rings (SSSR count). The SMILES string of the molecule is Cl.O=C(NCCC1CCCNC1)c1ccc(CNC(=O)C2CCCC2)cc1. The van der Waals surface area contributed by atoms with Gasteiger partial charge >= 0.3 is 0 Å². The molecule has 1 unspecified atom stereocenters. The molecule has 1 aromatic rings. The van der Waals surface area contributed by atoms with Crippen LogP contribution in [0.3, 0.4) is 0 Å². The molecule has 1 aliphatic carbocycles. The summed E-state index contributed by atoms with van der Waals surface area (Å²) < 4.78 is 0. The van der Waals surface area contributed by atoms with E-state index in [9.17, 15) is 9.59 Å². The Morgan fingerprint density at radius 2 is 1.74 bits per heavy atom. The Hall–Kier alpha value is -1.59. The van der Waals surface area contributed by atoms with Crippen molar-refractivity contribution in [1.29, 1.82) is 0 Å². The second-order valence-electron chi connectivity index (χ2n) is 7.65. The minimum absolute atomic E-state index is 0. The molecule has 27 heavy (non-hydrogen) atoms. The van der Waals surface area contributed by atoms with Crippen molar-refractivity contribution in [2.45, 2.75) is 51.5 Å². The van der Waals surface area contributed by atoms with Gasteiger partial charge in [-0.1, -0.05) is 25.0 Å². The van der Waals surface area contributed by atoms with E-state index in [1.165, 1.54) is 25.7 Å². The summed E-state index contributed by atoms with van der Waals surface area (Å²) in [6, 6.07) is 7.53. The molecule has 1 aromatic carbocycles. The Morgan fingerprint density at radius 3 is 2.41 bits per heavy atom. The largest absolute Gasteiger partial charge is 0.352 e. The van der Waals surface area contributed by atoms with E-state index in [4.69, 9.17) is 0 Å². The number of amides is 2. The Bertz CT molecular complexity index is 594. The fourth-order valence-corrected chi connectivity index (χ4v) is 3.96. The van der Waals surface area contributed by atoms with E-state index in [1.807, 2.05) is 24.3 Å². The highest BCUT2D eigenvalue weighted by Crippen LogP contribution is 2.24. The quantitative estimate of drug-likeness (QED) is 0.666. The van der Waals surface area contributed by atoms with Gasteiger partial charge in [-0.05, 0) is 68.8 Å². The van der Waals surface area contributed by atoms with Crippen molar-refractivity contribution < 1.29 is 9.59 Å². The molecular weight excluding hydrogens is 362 g/mol. The van der Waals surface area contributed by atoms with Crippen molar-refractivity contribution in [3.63, 3.8) is 0 Å². The standard InChI is InChI=1S/C21H31N3O2.ClH/c25-20(23-13-11-16-4-3-12-22-14-16)19-9-7-17(8-10-19)15-24-21(26)18-5-1-2-6-18;/h7-10,16,18,22H,1-6,11-15H2,(H,23,25)(H,24,26);1H. The summed E-state index contributed by atoms with van der Waals surface area (Å²) in [5.74, 6) is 1.02. The molecule has 2 fully saturated rings. The van der Waals surface area contributed by atoms with E-state index >= 15 is 0 Å². The van der Waals surface area contributed by atoms with Crippen LogP contribution >= 0.6 is 12.4 Å². The molecule has 150 valence electrons. The van der Waals surface area contributed by atoms with Crippen LogP contribution in [-0.4, -0.2) is 31.4 Å². The minimum atomic E-state index is -0.0182. The van der Waals surface area contributed by atoms with Gasteiger partial charge in [0.15, 0.2) is 0 Å². The lowest BCUT2D eigenvalue weighted by Crippen LogP contribution is -2.33. The number of piperidine rings is 1. The molecular formula is C21H32ClN3O2. The minimum Gasteiger partial charge on any atom is -0.352 e. The number of carbonyl (C=O) groups is 2. The first kappa shape index (κ1) is 21.7. The van der Waals surface area contributed by atoms with Crippen LogP contribution in [0.25, 0.3) is 0 Å². The second kappa shape index (κ2) is 11.3. The van der Waals surface area contributed by atoms with E-state index < -0.39 is 0 Å². The highest BCUT2D eigenvalue weighted by molar-refractivity contribution is 5.94. The predicted molar refractivity (Wildman–Crippen MR) is 110 cm³/mol. The molecule has 6 heteroatoms. The molecule has 5 nitrogen and oxygen atoms in total. The van der Waals surface area contributed by atoms with E-state index in [-0.39, 0.29) is 30.1 Å². The molecule has 1 aliphatic heterocycles. The Kier molecular flexibility index (Phi) is 9.08. The van der Waals surface area contributed by atoms with E-state index in [0.717, 1.165) is 44.5 Å². The maximum Gasteiger partial charge on any atom is 0.251 e. The summed E-state index contributed by atoms with van der Waals surface area (Å²) in [5, 5.41) is 9.44. The number of hydrogen-bond acceptors (Lipinski definition) is 3. The molecule has 1 heterocycles. The number of carbonyl (C=O) groups excluding carboxylic acids is 2. The van der Waals surface area contributed by atoms with Crippen molar-refractivity contribution in [3.8, 4) is 0 Å². The topological polar surface area (TPSA) is 70.2 Å². The molecule has 0 radical (unpaired) electrons. The summed E-state index contributed by atoms with van der Waals surface area (Å²) in [5.41, 5.74) is 1.71. The van der Waals surface area contributed by atoms with Crippen LogP contribution in [0, 0.1) is 11.8 Å². The molecule has 1 saturated carbocycles. The van der Waals surface area contributed by atoms with Crippen LogP contribution in [0.2, 0.25) is 0 Å². The molecule has 2 amide bonds. The van der Waals surface area contributed by atoms with Gasteiger partial charge in [-0.3, -0.25) is 9.59 Å². The smallest absolute Gasteiger partial charge is 0.251 e. The van der Waals surface area contributed by atoms with Crippen molar-refractivity contribution in [1.82, 2.24) is 16.0 Å². The number of nitrogens with one attached hydrogen (secondary N) is 3. The molecule has 1 atom stereocenters. The van der Waals surface area contributed by atoms with Gasteiger partial charge in [0.25, 0.3) is 5.91 Å². The van der Waals surface area contributed by atoms with Crippen molar-refractivity contribution in [2.24, 2.45) is 11.8 Å². The Morgan fingerprint density at radius 1 is 1.00 bits per heavy atom. The summed E-state index contributed by atoms with van der Waals surface area (Å²) in [7, 11) is 0. The monoisotopic (exact) mass is 393 g/mol. The highest BCUT2D eigenvalue weighted by Gasteiger charge is 2.22. The fraction of sp³-hybridized carbons (Fsp3) is 0.619. The number of benzene rings is 1. The normalized spacial score (nSPS) is 19.9. The molecule has 1 saturated heterocycles. The van der Waals surface area contributed by atoms with Gasteiger partial charge < -0.3 is 16.0 Å². The van der Waals surface area contributed by atoms with Crippen LogP contribution in [-0.2, 0) is 11.3 Å². The highest BCUT2D eigenvalue weighted by atomic mass is 35.5. The van der Waals surface area contributed by atoms with Gasteiger partial charge in [0.05, 0.1) is 0 Å². The first-order valence-electron chi connectivity index (χ1n) is 10.1. The maximum absolute atomic E-state index is 12.2. The lowest BCUT2D eigenvalue weighted by molar-refractivity contribution is -0.124. The zero-order valence-corrected chi connectivity index (χ0v) is 16.8. The van der Waals surface area contributed by atoms with Gasteiger partial charge in [0, 0.05) is 24.6 Å². The molecule has 2 aliphatic rings. The van der Waals surface area contributed by atoms with E-state index in [1.54, 1.807) is 0 Å². The van der Waals surface area contributed by atoms with Crippen molar-refractivity contribution in [2.75, 3.05) is 19.6 Å². The van der Waals surface area contributed by atoms with Crippen LogP contribution < -0.4 is 16.0 Å². The third-order valence-corrected chi connectivity index (χ3v) is 5.65. The van der Waals surface area contributed by atoms with Crippen LogP contribution in [0.5, 0.6) is 0 Å². The number of rotatable bonds is 7. The first-order valence-corrected chi connectivity index (χ1v) is 10.1. The molecule has 3 N–H and O–H groups in total. The molecule has 0 bridgehead atoms. The van der Waals surface area contributed by atoms with Crippen molar-refractivity contribution in [3.05, 3.63) is 35.4 Å². The maximum atomic E-state index is 12.2. The van der Waals surface area contributed by atoms with E-state index in [2.05, 4.69) is 16.0 Å². The molecule has 0 aromatic heterocycles. The van der Waals surface area contributed by atoms with Gasteiger partial charge in [-0.25, -0.2) is 0 Å². The second-order valence-corrected chi connectivity index (χ2v) is 7.65. The van der Waals surface area contributed by atoms with Gasteiger partial charge in [-0.15, -0.1) is 12.4 Å². The van der Waals surface area contributed by atoms with Gasteiger partial charge in [0.1, 0.15) is 0 Å². The van der Waals surface area contributed by atoms with Crippen LogP contribution in [0.1, 0.15) is 60.9 Å². The zero-order valence-electron chi connectivity index (χ0n) is 16.0. The lowest BCUT2D eigenvalue weighted by Gasteiger charge is -2.22. The summed E-state index contributed by atoms with van der Waals surface area (Å²) >= 11 is 0. The van der Waals surface area contributed by atoms with Crippen LogP contribution in [0.4, 0.5) is 0 Å². The van der Waals surface area contributed by atoms with Crippen LogP contribution in [0.15, 0.2) is 24.3 Å². The summed E-state index contributed by atoms with van der Waals surface area (Å²) in [6.45, 7) is 3.45. The Labute approximate surface area is 168 Å². The van der Waals surface area contributed by atoms with Gasteiger partial charge in [-0.2, -0.15) is 0 Å². The zero-order chi connectivity index (χ0) is 18.2.